The van der Waals surface area contributed by atoms with Gasteiger partial charge in [-0.15, -0.1) is 0 Å². The standard InChI is InChI=1S/C22H33N3O3S/c1-21(2)14-20(26)24(3)19-8-7-17(13-18(19)21)29(27,28)23-15-22(9-10-22)16-25-11-5-4-6-12-25/h7-8,13,23H,4-6,9-12,14-16H2,1-3H3. The van der Waals surface area contributed by atoms with Gasteiger partial charge in [0.25, 0.3) is 0 Å². The largest absolute Gasteiger partial charge is 0.315 e. The minimum absolute atomic E-state index is 0.0598. The third-order valence-corrected chi connectivity index (χ3v) is 8.34. The van der Waals surface area contributed by atoms with E-state index in [1.165, 1.54) is 19.3 Å². The SMILES string of the molecule is CN1C(=O)CC(C)(C)c2cc(S(=O)(=O)NCC3(CN4CCCCC4)CC3)ccc21. The van der Waals surface area contributed by atoms with Crippen LogP contribution in [0.25, 0.3) is 0 Å². The van der Waals surface area contributed by atoms with Crippen molar-refractivity contribution in [1.82, 2.24) is 9.62 Å². The molecule has 0 radical (unpaired) electrons. The number of amides is 1. The summed E-state index contributed by atoms with van der Waals surface area (Å²) < 4.78 is 29.0. The Morgan fingerprint density at radius 3 is 2.45 bits per heavy atom. The third-order valence-electron chi connectivity index (χ3n) is 6.94. The first kappa shape index (κ1) is 20.8. The summed E-state index contributed by atoms with van der Waals surface area (Å²) in [5.41, 5.74) is 1.44. The minimum atomic E-state index is -3.58. The van der Waals surface area contributed by atoms with Gasteiger partial charge in [0.15, 0.2) is 0 Å². The molecule has 6 nitrogen and oxygen atoms in total. The Balaban J connectivity index is 1.49. The summed E-state index contributed by atoms with van der Waals surface area (Å²) in [4.78, 5) is 16.6. The fraction of sp³-hybridized carbons (Fsp3) is 0.682. The summed E-state index contributed by atoms with van der Waals surface area (Å²) in [5, 5.41) is 0. The van der Waals surface area contributed by atoms with Crippen LogP contribution in [0.5, 0.6) is 0 Å². The van der Waals surface area contributed by atoms with Crippen LogP contribution in [-0.2, 0) is 20.2 Å². The predicted molar refractivity (Wildman–Crippen MR) is 115 cm³/mol. The lowest BCUT2D eigenvalue weighted by molar-refractivity contribution is -0.119. The molecular formula is C22H33N3O3S. The van der Waals surface area contributed by atoms with E-state index >= 15 is 0 Å². The van der Waals surface area contributed by atoms with Crippen molar-refractivity contribution in [3.05, 3.63) is 23.8 Å². The summed E-state index contributed by atoms with van der Waals surface area (Å²) in [6.07, 6.45) is 6.39. The van der Waals surface area contributed by atoms with Gasteiger partial charge < -0.3 is 9.80 Å². The lowest BCUT2D eigenvalue weighted by Gasteiger charge is -2.37. The molecule has 1 aliphatic carbocycles. The summed E-state index contributed by atoms with van der Waals surface area (Å²) >= 11 is 0. The van der Waals surface area contributed by atoms with E-state index in [1.807, 2.05) is 13.8 Å². The van der Waals surface area contributed by atoms with Crippen molar-refractivity contribution in [3.63, 3.8) is 0 Å². The molecule has 0 atom stereocenters. The first-order valence-electron chi connectivity index (χ1n) is 10.8. The molecule has 1 N–H and O–H groups in total. The number of fused-ring (bicyclic) bond motifs is 1. The van der Waals surface area contributed by atoms with Gasteiger partial charge in [0.2, 0.25) is 15.9 Å². The van der Waals surface area contributed by atoms with E-state index < -0.39 is 10.0 Å². The smallest absolute Gasteiger partial charge is 0.240 e. The van der Waals surface area contributed by atoms with E-state index in [-0.39, 0.29) is 16.7 Å². The van der Waals surface area contributed by atoms with Crippen LogP contribution in [0.15, 0.2) is 23.1 Å². The van der Waals surface area contributed by atoms with Crippen molar-refractivity contribution in [2.75, 3.05) is 38.1 Å². The van der Waals surface area contributed by atoms with Gasteiger partial charge in [-0.05, 0) is 68.0 Å². The van der Waals surface area contributed by atoms with Crippen LogP contribution in [0, 0.1) is 5.41 Å². The van der Waals surface area contributed by atoms with Crippen molar-refractivity contribution in [2.45, 2.75) is 62.7 Å². The number of rotatable bonds is 6. The zero-order valence-corrected chi connectivity index (χ0v) is 18.6. The van der Waals surface area contributed by atoms with E-state index in [4.69, 9.17) is 0 Å². The lowest BCUT2D eigenvalue weighted by Crippen LogP contribution is -2.41. The maximum Gasteiger partial charge on any atom is 0.240 e. The second-order valence-corrected chi connectivity index (χ2v) is 11.6. The van der Waals surface area contributed by atoms with Gasteiger partial charge in [-0.1, -0.05) is 20.3 Å². The van der Waals surface area contributed by atoms with Crippen LogP contribution in [-0.4, -0.2) is 52.5 Å². The van der Waals surface area contributed by atoms with Crippen LogP contribution in [0.3, 0.4) is 0 Å². The second kappa shape index (κ2) is 7.36. The molecule has 3 aliphatic rings. The van der Waals surface area contributed by atoms with E-state index in [0.29, 0.717) is 17.9 Å². The van der Waals surface area contributed by atoms with Crippen LogP contribution < -0.4 is 9.62 Å². The number of benzene rings is 1. The number of carbonyl (C=O) groups excluding carboxylic acids is 1. The Bertz CT molecular complexity index is 900. The van der Waals surface area contributed by atoms with Gasteiger partial charge in [-0.3, -0.25) is 4.79 Å². The highest BCUT2D eigenvalue weighted by atomic mass is 32.2. The van der Waals surface area contributed by atoms with Crippen molar-refractivity contribution in [2.24, 2.45) is 5.41 Å². The van der Waals surface area contributed by atoms with Gasteiger partial charge in [0, 0.05) is 37.7 Å². The molecule has 0 bridgehead atoms. The summed E-state index contributed by atoms with van der Waals surface area (Å²) in [6.45, 7) is 7.78. The van der Waals surface area contributed by atoms with E-state index in [9.17, 15) is 13.2 Å². The highest BCUT2D eigenvalue weighted by molar-refractivity contribution is 7.89. The Morgan fingerprint density at radius 1 is 1.10 bits per heavy atom. The number of piperidine rings is 1. The van der Waals surface area contributed by atoms with Crippen molar-refractivity contribution >= 4 is 21.6 Å². The number of sulfonamides is 1. The molecule has 0 aromatic heterocycles. The summed E-state index contributed by atoms with van der Waals surface area (Å²) in [7, 11) is -1.83. The summed E-state index contributed by atoms with van der Waals surface area (Å²) in [5.74, 6) is 0.0598. The van der Waals surface area contributed by atoms with Crippen molar-refractivity contribution in [3.8, 4) is 0 Å². The third kappa shape index (κ3) is 4.23. The van der Waals surface area contributed by atoms with E-state index in [2.05, 4.69) is 9.62 Å². The molecule has 1 amide bonds. The quantitative estimate of drug-likeness (QED) is 0.770. The molecule has 1 saturated heterocycles. The van der Waals surface area contributed by atoms with Gasteiger partial charge in [-0.25, -0.2) is 13.1 Å². The molecule has 2 heterocycles. The topological polar surface area (TPSA) is 69.7 Å². The van der Waals surface area contributed by atoms with Crippen LogP contribution in [0.1, 0.15) is 57.9 Å². The molecule has 160 valence electrons. The number of nitrogens with zero attached hydrogens (tertiary/aromatic N) is 2. The van der Waals surface area contributed by atoms with E-state index in [1.54, 1.807) is 30.1 Å². The van der Waals surface area contributed by atoms with Crippen LogP contribution >= 0.6 is 0 Å². The van der Waals surface area contributed by atoms with E-state index in [0.717, 1.165) is 43.7 Å². The molecule has 29 heavy (non-hydrogen) atoms. The minimum Gasteiger partial charge on any atom is -0.315 e. The first-order valence-corrected chi connectivity index (χ1v) is 12.2. The number of anilines is 1. The van der Waals surface area contributed by atoms with Crippen molar-refractivity contribution < 1.29 is 13.2 Å². The maximum absolute atomic E-state index is 13.0. The van der Waals surface area contributed by atoms with Gasteiger partial charge in [0.1, 0.15) is 0 Å². The highest BCUT2D eigenvalue weighted by Crippen LogP contribution is 2.46. The molecule has 0 unspecified atom stereocenters. The molecule has 1 aromatic rings. The second-order valence-electron chi connectivity index (χ2n) is 9.85. The molecule has 1 aromatic carbocycles. The Labute approximate surface area is 174 Å². The van der Waals surface area contributed by atoms with Crippen molar-refractivity contribution in [1.29, 1.82) is 0 Å². The molecule has 2 aliphatic heterocycles. The Hall–Kier alpha value is -1.44. The molecule has 2 fully saturated rings. The molecular weight excluding hydrogens is 386 g/mol. The Morgan fingerprint density at radius 2 is 1.79 bits per heavy atom. The number of nitrogens with one attached hydrogen (secondary N) is 1. The normalized spacial score (nSPS) is 23.7. The first-order chi connectivity index (χ1) is 13.6. The average Bonchev–Trinajstić information content (AvgIpc) is 3.45. The predicted octanol–water partition coefficient (Wildman–Crippen LogP) is 2.88. The molecule has 7 heteroatoms. The lowest BCUT2D eigenvalue weighted by atomic mass is 9.77. The average molecular weight is 420 g/mol. The fourth-order valence-corrected chi connectivity index (χ4v) is 5.92. The van der Waals surface area contributed by atoms with Gasteiger partial charge >= 0.3 is 0 Å². The van der Waals surface area contributed by atoms with Crippen LogP contribution in [0.2, 0.25) is 0 Å². The van der Waals surface area contributed by atoms with Crippen LogP contribution in [0.4, 0.5) is 5.69 Å². The van der Waals surface area contributed by atoms with Gasteiger partial charge in [-0.2, -0.15) is 0 Å². The monoisotopic (exact) mass is 419 g/mol. The van der Waals surface area contributed by atoms with Gasteiger partial charge in [0.05, 0.1) is 4.90 Å². The number of likely N-dealkylation sites (tertiary alicyclic amines) is 1. The Kier molecular flexibility index (Phi) is 5.28. The summed E-state index contributed by atoms with van der Waals surface area (Å²) in [6, 6.07) is 5.14. The molecule has 1 saturated carbocycles. The number of carbonyl (C=O) groups is 1. The molecule has 4 rings (SSSR count). The fourth-order valence-electron chi connectivity index (χ4n) is 4.73. The zero-order valence-electron chi connectivity index (χ0n) is 17.8. The molecule has 0 spiro atoms. The maximum atomic E-state index is 13.0. The highest BCUT2D eigenvalue weighted by Gasteiger charge is 2.44. The zero-order chi connectivity index (χ0) is 20.9. The number of hydrogen-bond donors (Lipinski definition) is 1. The number of hydrogen-bond acceptors (Lipinski definition) is 4.